The topological polar surface area (TPSA) is 69.6 Å². The molecule has 5 nitrogen and oxygen atoms in total. The van der Waals surface area contributed by atoms with Crippen LogP contribution in [0, 0.1) is 0 Å². The van der Waals surface area contributed by atoms with Gasteiger partial charge in [0.05, 0.1) is 0 Å². The molecule has 0 spiro atoms. The molecule has 0 saturated heterocycles. The molecule has 2 N–H and O–H groups in total. The van der Waals surface area contributed by atoms with Crippen LogP contribution in [-0.2, 0) is 4.79 Å². The van der Waals surface area contributed by atoms with Crippen LogP contribution in [0.5, 0.6) is 0 Å². The van der Waals surface area contributed by atoms with E-state index in [4.69, 9.17) is 0 Å². The monoisotopic (exact) mass is 244 g/mol. The van der Waals surface area contributed by atoms with Gasteiger partial charge >= 0.3 is 12.0 Å². The maximum atomic E-state index is 12.0. The van der Waals surface area contributed by atoms with Crippen LogP contribution in [0.4, 0.5) is 4.79 Å². The lowest BCUT2D eigenvalue weighted by Gasteiger charge is -2.32. The maximum absolute atomic E-state index is 12.0. The fourth-order valence-electron chi connectivity index (χ4n) is 1.77. The predicted octanol–water partition coefficient (Wildman–Crippen LogP) is 2.07. The number of urea groups is 1. The highest BCUT2D eigenvalue weighted by Crippen LogP contribution is 2.13. The van der Waals surface area contributed by atoms with Crippen LogP contribution in [-0.4, -0.2) is 40.1 Å². The van der Waals surface area contributed by atoms with Crippen molar-refractivity contribution >= 4 is 12.0 Å². The van der Waals surface area contributed by atoms with Gasteiger partial charge in [0.15, 0.2) is 0 Å². The van der Waals surface area contributed by atoms with Crippen molar-refractivity contribution in [3.05, 3.63) is 0 Å². The Morgan fingerprint density at radius 3 is 2.18 bits per heavy atom. The predicted molar refractivity (Wildman–Crippen MR) is 67.0 cm³/mol. The third kappa shape index (κ3) is 4.24. The first-order valence-electron chi connectivity index (χ1n) is 6.10. The van der Waals surface area contributed by atoms with Crippen molar-refractivity contribution in [1.82, 2.24) is 10.2 Å². The Morgan fingerprint density at radius 2 is 1.88 bits per heavy atom. The van der Waals surface area contributed by atoms with E-state index in [1.54, 1.807) is 11.8 Å². The quantitative estimate of drug-likeness (QED) is 0.751. The number of rotatable bonds is 6. The molecular weight excluding hydrogens is 220 g/mol. The molecule has 0 heterocycles. The van der Waals surface area contributed by atoms with E-state index in [-0.39, 0.29) is 12.1 Å². The summed E-state index contributed by atoms with van der Waals surface area (Å²) in [5, 5.41) is 11.8. The van der Waals surface area contributed by atoms with Crippen LogP contribution in [0.25, 0.3) is 0 Å². The van der Waals surface area contributed by atoms with Gasteiger partial charge in [-0.2, -0.15) is 0 Å². The first-order valence-corrected chi connectivity index (χ1v) is 6.10. The highest BCUT2D eigenvalue weighted by molar-refractivity contribution is 5.85. The molecule has 0 rings (SSSR count). The second kappa shape index (κ2) is 6.47. The van der Waals surface area contributed by atoms with E-state index in [9.17, 15) is 14.7 Å². The Balaban J connectivity index is 4.77. The van der Waals surface area contributed by atoms with Gasteiger partial charge in [0.1, 0.15) is 5.54 Å². The summed E-state index contributed by atoms with van der Waals surface area (Å²) in [6.45, 7) is 9.68. The first kappa shape index (κ1) is 15.7. The minimum absolute atomic E-state index is 0.0553. The number of hydrogen-bond donors (Lipinski definition) is 2. The third-order valence-corrected chi connectivity index (χ3v) is 2.83. The Labute approximate surface area is 103 Å². The fraction of sp³-hybridized carbons (Fsp3) is 0.833. The molecule has 0 radical (unpaired) electrons. The largest absolute Gasteiger partial charge is 0.480 e. The van der Waals surface area contributed by atoms with Crippen molar-refractivity contribution in [3.63, 3.8) is 0 Å². The number of carboxylic acids is 1. The van der Waals surface area contributed by atoms with Crippen LogP contribution in [0.1, 0.15) is 47.5 Å². The van der Waals surface area contributed by atoms with Gasteiger partial charge in [0, 0.05) is 12.6 Å². The van der Waals surface area contributed by atoms with E-state index < -0.39 is 11.5 Å². The molecule has 100 valence electrons. The number of amides is 2. The summed E-state index contributed by atoms with van der Waals surface area (Å²) in [5.41, 5.74) is -1.19. The molecule has 0 aliphatic heterocycles. The SMILES string of the molecule is CCCC(C)(NC(=O)N(CC)C(C)C)C(=O)O. The molecule has 0 fully saturated rings. The standard InChI is InChI=1S/C12H24N2O3/c1-6-8-12(5,10(15)16)13-11(17)14(7-2)9(3)4/h9H,6-8H2,1-5H3,(H,13,17)(H,15,16). The van der Waals surface area contributed by atoms with Gasteiger partial charge in [-0.1, -0.05) is 13.3 Å². The van der Waals surface area contributed by atoms with Crippen LogP contribution >= 0.6 is 0 Å². The Hall–Kier alpha value is -1.26. The molecule has 5 heteroatoms. The van der Waals surface area contributed by atoms with Crippen molar-refractivity contribution in [2.45, 2.75) is 59.0 Å². The highest BCUT2D eigenvalue weighted by Gasteiger charge is 2.35. The second-order valence-electron chi connectivity index (χ2n) is 4.70. The van der Waals surface area contributed by atoms with E-state index in [1.165, 1.54) is 0 Å². The van der Waals surface area contributed by atoms with Crippen LogP contribution in [0.15, 0.2) is 0 Å². The normalized spacial score (nSPS) is 14.2. The van der Waals surface area contributed by atoms with Crippen LogP contribution in [0.3, 0.4) is 0 Å². The van der Waals surface area contributed by atoms with E-state index in [2.05, 4.69) is 5.32 Å². The number of carbonyl (C=O) groups is 2. The van der Waals surface area contributed by atoms with E-state index in [0.29, 0.717) is 19.4 Å². The summed E-state index contributed by atoms with van der Waals surface area (Å²) in [6.07, 6.45) is 1.13. The summed E-state index contributed by atoms with van der Waals surface area (Å²) in [5.74, 6) is -0.993. The van der Waals surface area contributed by atoms with Gasteiger partial charge in [-0.3, -0.25) is 0 Å². The fourth-order valence-corrected chi connectivity index (χ4v) is 1.77. The molecule has 1 unspecified atom stereocenters. The maximum Gasteiger partial charge on any atom is 0.329 e. The molecule has 1 atom stereocenters. The second-order valence-corrected chi connectivity index (χ2v) is 4.70. The van der Waals surface area contributed by atoms with Crippen molar-refractivity contribution in [1.29, 1.82) is 0 Å². The zero-order chi connectivity index (χ0) is 13.6. The minimum atomic E-state index is -1.19. The Kier molecular flexibility index (Phi) is 5.99. The molecule has 0 aromatic heterocycles. The molecule has 17 heavy (non-hydrogen) atoms. The van der Waals surface area contributed by atoms with Gasteiger partial charge < -0.3 is 15.3 Å². The smallest absolute Gasteiger partial charge is 0.329 e. The summed E-state index contributed by atoms with van der Waals surface area (Å²) < 4.78 is 0. The minimum Gasteiger partial charge on any atom is -0.480 e. The summed E-state index contributed by atoms with van der Waals surface area (Å²) >= 11 is 0. The molecule has 0 saturated carbocycles. The molecule has 0 aliphatic carbocycles. The van der Waals surface area contributed by atoms with Crippen LogP contribution < -0.4 is 5.32 Å². The van der Waals surface area contributed by atoms with Crippen molar-refractivity contribution in [2.75, 3.05) is 6.54 Å². The van der Waals surface area contributed by atoms with E-state index >= 15 is 0 Å². The van der Waals surface area contributed by atoms with Crippen LogP contribution in [0.2, 0.25) is 0 Å². The molecule has 0 aromatic rings. The average molecular weight is 244 g/mol. The lowest BCUT2D eigenvalue weighted by atomic mass is 9.96. The molecule has 0 aliphatic rings. The lowest BCUT2D eigenvalue weighted by molar-refractivity contribution is -0.144. The summed E-state index contributed by atoms with van der Waals surface area (Å²) in [6, 6.07) is -0.263. The Bertz CT molecular complexity index is 279. The molecule has 2 amide bonds. The first-order chi connectivity index (χ1) is 7.78. The average Bonchev–Trinajstić information content (AvgIpc) is 2.17. The number of carboxylic acid groups (broad SMARTS) is 1. The third-order valence-electron chi connectivity index (χ3n) is 2.83. The number of nitrogens with one attached hydrogen (secondary N) is 1. The number of aliphatic carboxylic acids is 1. The van der Waals surface area contributed by atoms with Crippen molar-refractivity contribution < 1.29 is 14.7 Å². The summed E-state index contributed by atoms with van der Waals surface area (Å²) in [7, 11) is 0. The zero-order valence-electron chi connectivity index (χ0n) is 11.4. The summed E-state index contributed by atoms with van der Waals surface area (Å²) in [4.78, 5) is 24.8. The number of hydrogen-bond acceptors (Lipinski definition) is 2. The van der Waals surface area contributed by atoms with Gasteiger partial charge in [-0.05, 0) is 34.1 Å². The number of carbonyl (C=O) groups excluding carboxylic acids is 1. The number of nitrogens with zero attached hydrogens (tertiary/aromatic N) is 1. The Morgan fingerprint density at radius 1 is 1.35 bits per heavy atom. The van der Waals surface area contributed by atoms with Crippen molar-refractivity contribution in [2.24, 2.45) is 0 Å². The van der Waals surface area contributed by atoms with Crippen molar-refractivity contribution in [3.8, 4) is 0 Å². The van der Waals surface area contributed by atoms with Gasteiger partial charge in [0.25, 0.3) is 0 Å². The molecular formula is C12H24N2O3. The van der Waals surface area contributed by atoms with Gasteiger partial charge in [0.2, 0.25) is 0 Å². The van der Waals surface area contributed by atoms with Gasteiger partial charge in [-0.15, -0.1) is 0 Å². The highest BCUT2D eigenvalue weighted by atomic mass is 16.4. The van der Waals surface area contributed by atoms with Gasteiger partial charge in [-0.25, -0.2) is 9.59 Å². The zero-order valence-corrected chi connectivity index (χ0v) is 11.4. The molecule has 0 aromatic carbocycles. The lowest BCUT2D eigenvalue weighted by Crippen LogP contribution is -2.57. The van der Waals surface area contributed by atoms with E-state index in [1.807, 2.05) is 27.7 Å². The molecule has 0 bridgehead atoms. The van der Waals surface area contributed by atoms with E-state index in [0.717, 1.165) is 0 Å².